The van der Waals surface area contributed by atoms with E-state index in [2.05, 4.69) is 5.32 Å². The molecule has 1 aromatic carbocycles. The lowest BCUT2D eigenvalue weighted by Crippen LogP contribution is -2.39. The van der Waals surface area contributed by atoms with Crippen molar-refractivity contribution in [2.45, 2.75) is 11.0 Å². The first-order valence-corrected chi connectivity index (χ1v) is 6.62. The lowest BCUT2D eigenvalue weighted by atomic mass is 10.3. The number of nitrogen functional groups attached to an aromatic ring is 1. The van der Waals surface area contributed by atoms with Gasteiger partial charge in [-0.25, -0.2) is 0 Å². The molecule has 1 fully saturated rings. The topological polar surface area (TPSA) is 47.3 Å². The van der Waals surface area contributed by atoms with Crippen molar-refractivity contribution in [3.8, 4) is 0 Å². The van der Waals surface area contributed by atoms with Gasteiger partial charge in [0.05, 0.1) is 23.4 Å². The minimum Gasteiger partial charge on any atom is -0.398 e. The molecule has 1 heterocycles. The fourth-order valence-corrected chi connectivity index (χ4v) is 2.72. The third kappa shape index (κ3) is 3.28. The van der Waals surface area contributed by atoms with E-state index < -0.39 is 0 Å². The number of morpholine rings is 1. The molecule has 1 atom stereocenters. The Bertz CT molecular complexity index is 356. The van der Waals surface area contributed by atoms with Crippen LogP contribution in [0.25, 0.3) is 0 Å². The van der Waals surface area contributed by atoms with Crippen LogP contribution in [0.1, 0.15) is 0 Å². The number of thioether (sulfide) groups is 1. The van der Waals surface area contributed by atoms with Crippen LogP contribution < -0.4 is 11.1 Å². The summed E-state index contributed by atoms with van der Waals surface area (Å²) in [6.07, 6.45) is 0.287. The van der Waals surface area contributed by atoms with Gasteiger partial charge in [0.2, 0.25) is 0 Å². The number of hydrogen-bond donors (Lipinski definition) is 2. The molecule has 1 unspecified atom stereocenters. The van der Waals surface area contributed by atoms with Crippen LogP contribution in [0.5, 0.6) is 0 Å². The summed E-state index contributed by atoms with van der Waals surface area (Å²) in [4.78, 5) is 1.13. The normalized spacial score (nSPS) is 20.9. The van der Waals surface area contributed by atoms with Crippen molar-refractivity contribution >= 4 is 29.1 Å². The molecule has 16 heavy (non-hydrogen) atoms. The van der Waals surface area contributed by atoms with Gasteiger partial charge in [-0.15, -0.1) is 11.8 Å². The smallest absolute Gasteiger partial charge is 0.0793 e. The third-order valence-electron chi connectivity index (χ3n) is 2.41. The molecule has 88 valence electrons. The number of hydrogen-bond acceptors (Lipinski definition) is 4. The van der Waals surface area contributed by atoms with Gasteiger partial charge in [-0.3, -0.25) is 0 Å². The highest BCUT2D eigenvalue weighted by molar-refractivity contribution is 7.99. The van der Waals surface area contributed by atoms with Gasteiger partial charge in [0.25, 0.3) is 0 Å². The summed E-state index contributed by atoms with van der Waals surface area (Å²) < 4.78 is 5.61. The van der Waals surface area contributed by atoms with Crippen LogP contribution in [-0.4, -0.2) is 31.6 Å². The molecule has 0 bridgehead atoms. The van der Waals surface area contributed by atoms with Crippen molar-refractivity contribution in [3.05, 3.63) is 23.2 Å². The van der Waals surface area contributed by atoms with Crippen LogP contribution in [0.15, 0.2) is 23.1 Å². The van der Waals surface area contributed by atoms with Gasteiger partial charge in [-0.2, -0.15) is 0 Å². The zero-order valence-electron chi connectivity index (χ0n) is 8.91. The first-order chi connectivity index (χ1) is 7.75. The lowest BCUT2D eigenvalue weighted by Gasteiger charge is -2.23. The second-order valence-electron chi connectivity index (χ2n) is 3.69. The summed E-state index contributed by atoms with van der Waals surface area (Å²) in [6, 6.07) is 5.73. The fourth-order valence-electron chi connectivity index (χ4n) is 1.51. The van der Waals surface area contributed by atoms with E-state index in [1.54, 1.807) is 11.8 Å². The number of ether oxygens (including phenoxy) is 1. The highest BCUT2D eigenvalue weighted by Gasteiger charge is 2.13. The molecule has 0 amide bonds. The van der Waals surface area contributed by atoms with Crippen molar-refractivity contribution in [2.24, 2.45) is 0 Å². The number of anilines is 1. The Hall–Kier alpha value is -0.420. The molecule has 0 spiro atoms. The van der Waals surface area contributed by atoms with E-state index in [1.807, 2.05) is 18.2 Å². The Morgan fingerprint density at radius 3 is 3.12 bits per heavy atom. The first-order valence-electron chi connectivity index (χ1n) is 5.26. The Labute approximate surface area is 105 Å². The van der Waals surface area contributed by atoms with Crippen LogP contribution in [0, 0.1) is 0 Å². The minimum atomic E-state index is 0.287. The molecule has 3 nitrogen and oxygen atoms in total. The summed E-state index contributed by atoms with van der Waals surface area (Å²) in [5.74, 6) is 0.938. The zero-order chi connectivity index (χ0) is 11.4. The van der Waals surface area contributed by atoms with Crippen molar-refractivity contribution < 1.29 is 4.74 Å². The lowest BCUT2D eigenvalue weighted by molar-refractivity contribution is 0.0441. The minimum absolute atomic E-state index is 0.287. The molecular weight excluding hydrogens is 244 g/mol. The molecule has 0 aliphatic carbocycles. The summed E-state index contributed by atoms with van der Waals surface area (Å²) in [5.41, 5.74) is 6.28. The number of halogens is 1. The van der Waals surface area contributed by atoms with E-state index in [4.69, 9.17) is 22.1 Å². The van der Waals surface area contributed by atoms with Crippen LogP contribution in [0.4, 0.5) is 5.69 Å². The van der Waals surface area contributed by atoms with Gasteiger partial charge in [0.1, 0.15) is 0 Å². The van der Waals surface area contributed by atoms with Crippen molar-refractivity contribution in [2.75, 3.05) is 31.2 Å². The summed E-state index contributed by atoms with van der Waals surface area (Å²) >= 11 is 7.70. The standard InChI is InChI=1S/C11H15ClN2OS/c12-10-5-9(1-2-11(10)13)16-7-8-6-14-3-4-15-8/h1-2,5,8,14H,3-4,6-7,13H2. The van der Waals surface area contributed by atoms with Gasteiger partial charge in [0, 0.05) is 23.7 Å². The van der Waals surface area contributed by atoms with Crippen LogP contribution in [0.3, 0.4) is 0 Å². The molecule has 0 aromatic heterocycles. The number of rotatable bonds is 3. The van der Waals surface area contributed by atoms with Gasteiger partial charge in [0.15, 0.2) is 0 Å². The SMILES string of the molecule is Nc1ccc(SCC2CNCCO2)cc1Cl. The van der Waals surface area contributed by atoms with Gasteiger partial charge in [-0.05, 0) is 18.2 Å². The van der Waals surface area contributed by atoms with E-state index in [-0.39, 0.29) is 6.10 Å². The Morgan fingerprint density at radius 1 is 1.56 bits per heavy atom. The molecule has 0 radical (unpaired) electrons. The molecule has 1 saturated heterocycles. The summed E-state index contributed by atoms with van der Waals surface area (Å²) in [7, 11) is 0. The Kier molecular flexibility index (Phi) is 4.35. The summed E-state index contributed by atoms with van der Waals surface area (Å²) in [6.45, 7) is 2.68. The van der Waals surface area contributed by atoms with Crippen LogP contribution >= 0.6 is 23.4 Å². The molecule has 1 aromatic rings. The molecule has 2 rings (SSSR count). The quantitative estimate of drug-likeness (QED) is 0.643. The third-order valence-corrected chi connectivity index (χ3v) is 3.87. The molecular formula is C11H15ClN2OS. The van der Waals surface area contributed by atoms with Crippen molar-refractivity contribution in [1.29, 1.82) is 0 Å². The Morgan fingerprint density at radius 2 is 2.44 bits per heavy atom. The van der Waals surface area contributed by atoms with Crippen LogP contribution in [0.2, 0.25) is 5.02 Å². The maximum absolute atomic E-state index is 5.95. The predicted molar refractivity (Wildman–Crippen MR) is 69.2 cm³/mol. The molecule has 3 N–H and O–H groups in total. The van der Waals surface area contributed by atoms with Crippen molar-refractivity contribution in [1.82, 2.24) is 5.32 Å². The van der Waals surface area contributed by atoms with E-state index in [1.165, 1.54) is 0 Å². The predicted octanol–water partition coefficient (Wildman–Crippen LogP) is 2.00. The number of nitrogens with one attached hydrogen (secondary N) is 1. The second-order valence-corrected chi connectivity index (χ2v) is 5.19. The average molecular weight is 259 g/mol. The highest BCUT2D eigenvalue weighted by atomic mass is 35.5. The maximum atomic E-state index is 5.95. The number of nitrogens with two attached hydrogens (primary N) is 1. The maximum Gasteiger partial charge on any atom is 0.0793 e. The highest BCUT2D eigenvalue weighted by Crippen LogP contribution is 2.27. The summed E-state index contributed by atoms with van der Waals surface area (Å²) in [5, 5.41) is 3.93. The van der Waals surface area contributed by atoms with E-state index in [0.717, 1.165) is 30.3 Å². The van der Waals surface area contributed by atoms with Gasteiger partial charge in [-0.1, -0.05) is 11.6 Å². The zero-order valence-corrected chi connectivity index (χ0v) is 10.5. The van der Waals surface area contributed by atoms with E-state index in [0.29, 0.717) is 10.7 Å². The second kappa shape index (κ2) is 5.77. The fraction of sp³-hybridized carbons (Fsp3) is 0.455. The largest absolute Gasteiger partial charge is 0.398 e. The Balaban J connectivity index is 1.86. The first kappa shape index (κ1) is 12.0. The molecule has 5 heteroatoms. The van der Waals surface area contributed by atoms with Gasteiger partial charge < -0.3 is 15.8 Å². The number of benzene rings is 1. The van der Waals surface area contributed by atoms with Crippen molar-refractivity contribution in [3.63, 3.8) is 0 Å². The monoisotopic (exact) mass is 258 g/mol. The molecule has 1 aliphatic rings. The average Bonchev–Trinajstić information content (AvgIpc) is 2.32. The van der Waals surface area contributed by atoms with Crippen LogP contribution in [-0.2, 0) is 4.74 Å². The van der Waals surface area contributed by atoms with E-state index >= 15 is 0 Å². The van der Waals surface area contributed by atoms with Gasteiger partial charge >= 0.3 is 0 Å². The molecule has 0 saturated carbocycles. The van der Waals surface area contributed by atoms with E-state index in [9.17, 15) is 0 Å². The molecule has 1 aliphatic heterocycles.